The highest BCUT2D eigenvalue weighted by Crippen LogP contribution is 2.26. The molecule has 0 unspecified atom stereocenters. The summed E-state index contributed by atoms with van der Waals surface area (Å²) in [6.45, 7) is 6.22. The van der Waals surface area contributed by atoms with Crippen molar-refractivity contribution >= 4 is 27.8 Å². The Morgan fingerprint density at radius 3 is 2.56 bits per heavy atom. The summed E-state index contributed by atoms with van der Waals surface area (Å²) >= 11 is 0. The zero-order chi connectivity index (χ0) is 23.8. The van der Waals surface area contributed by atoms with Gasteiger partial charge >= 0.3 is 0 Å². The van der Waals surface area contributed by atoms with Crippen LogP contribution in [-0.2, 0) is 24.4 Å². The monoisotopic (exact) mass is 456 g/mol. The van der Waals surface area contributed by atoms with Crippen molar-refractivity contribution in [2.24, 2.45) is 0 Å². The minimum Gasteiger partial charge on any atom is -0.350 e. The lowest BCUT2D eigenvalue weighted by atomic mass is 10.1. The Hall–Kier alpha value is -4.27. The summed E-state index contributed by atoms with van der Waals surface area (Å²) in [5, 5.41) is 7.56. The first-order valence-corrected chi connectivity index (χ1v) is 11.0. The molecule has 2 aromatic carbocycles. The summed E-state index contributed by atoms with van der Waals surface area (Å²) in [6, 6.07) is 13.9. The topological polar surface area (TPSA) is 108 Å². The van der Waals surface area contributed by atoms with Gasteiger partial charge in [-0.25, -0.2) is 4.98 Å². The van der Waals surface area contributed by atoms with Crippen molar-refractivity contribution in [2.45, 2.75) is 40.4 Å². The van der Waals surface area contributed by atoms with Gasteiger partial charge in [-0.05, 0) is 38.5 Å². The third-order valence-corrected chi connectivity index (χ3v) is 5.77. The molecule has 9 nitrogen and oxygen atoms in total. The van der Waals surface area contributed by atoms with Crippen LogP contribution in [0.3, 0.4) is 0 Å². The SMILES string of the molecule is Cc1ccc(CNC(=O)Cn2c3ccc(C)cc3c3ncn(Cc4nc(C)no4)c(=O)c32)cc1. The van der Waals surface area contributed by atoms with E-state index in [1.54, 1.807) is 11.5 Å². The Kier molecular flexibility index (Phi) is 5.45. The second-order valence-corrected chi connectivity index (χ2v) is 8.48. The molecule has 0 aliphatic rings. The second kappa shape index (κ2) is 8.58. The van der Waals surface area contributed by atoms with Crippen LogP contribution in [0, 0.1) is 20.8 Å². The minimum atomic E-state index is -0.277. The van der Waals surface area contributed by atoms with Crippen LogP contribution in [0.2, 0.25) is 0 Å². The standard InChI is InChI=1S/C25H24N6O3/c1-15-4-7-18(8-5-15)11-26-21(32)12-31-20-9-6-16(2)10-19(20)23-24(31)25(33)30(14-27-23)13-22-28-17(3)29-34-22/h4-10,14H,11-13H2,1-3H3,(H,26,32). The molecule has 1 amide bonds. The number of rotatable bonds is 6. The van der Waals surface area contributed by atoms with Crippen LogP contribution in [-0.4, -0.2) is 30.2 Å². The molecule has 0 bridgehead atoms. The molecular formula is C25H24N6O3. The van der Waals surface area contributed by atoms with E-state index in [9.17, 15) is 9.59 Å². The van der Waals surface area contributed by atoms with Crippen molar-refractivity contribution < 1.29 is 9.32 Å². The molecule has 0 fully saturated rings. The molecule has 3 heterocycles. The quantitative estimate of drug-likeness (QED) is 0.421. The zero-order valence-corrected chi connectivity index (χ0v) is 19.2. The molecule has 172 valence electrons. The van der Waals surface area contributed by atoms with Crippen LogP contribution in [0.25, 0.3) is 21.9 Å². The molecular weight excluding hydrogens is 432 g/mol. The van der Waals surface area contributed by atoms with Crippen LogP contribution in [0.1, 0.15) is 28.4 Å². The number of hydrogen-bond acceptors (Lipinski definition) is 6. The molecule has 0 radical (unpaired) electrons. The average Bonchev–Trinajstić information content (AvgIpc) is 3.36. The predicted molar refractivity (Wildman–Crippen MR) is 127 cm³/mol. The highest BCUT2D eigenvalue weighted by molar-refractivity contribution is 6.06. The minimum absolute atomic E-state index is 0.00444. The molecule has 1 N–H and O–H groups in total. The fraction of sp³-hybridized carbons (Fsp3) is 0.240. The first kappa shape index (κ1) is 21.6. The van der Waals surface area contributed by atoms with Gasteiger partial charge in [0.25, 0.3) is 5.56 Å². The Balaban J connectivity index is 1.52. The largest absolute Gasteiger partial charge is 0.350 e. The van der Waals surface area contributed by atoms with Gasteiger partial charge in [0.15, 0.2) is 5.82 Å². The average molecular weight is 457 g/mol. The summed E-state index contributed by atoms with van der Waals surface area (Å²) in [7, 11) is 0. The number of amides is 1. The number of aromatic nitrogens is 5. The van der Waals surface area contributed by atoms with Crippen LogP contribution in [0.15, 0.2) is 58.1 Å². The van der Waals surface area contributed by atoms with E-state index in [0.717, 1.165) is 27.6 Å². The maximum atomic E-state index is 13.5. The fourth-order valence-corrected chi connectivity index (χ4v) is 4.05. The maximum Gasteiger partial charge on any atom is 0.278 e. The number of hydrogen-bond donors (Lipinski definition) is 1. The van der Waals surface area contributed by atoms with E-state index in [4.69, 9.17) is 4.52 Å². The van der Waals surface area contributed by atoms with Crippen LogP contribution in [0.4, 0.5) is 0 Å². The van der Waals surface area contributed by atoms with Gasteiger partial charge in [0.1, 0.15) is 24.1 Å². The number of fused-ring (bicyclic) bond motifs is 3. The van der Waals surface area contributed by atoms with E-state index in [1.165, 1.54) is 10.9 Å². The normalized spacial score (nSPS) is 11.4. The molecule has 34 heavy (non-hydrogen) atoms. The number of nitrogens with zero attached hydrogens (tertiary/aromatic N) is 5. The van der Waals surface area contributed by atoms with Crippen LogP contribution >= 0.6 is 0 Å². The van der Waals surface area contributed by atoms with Crippen LogP contribution < -0.4 is 10.9 Å². The molecule has 5 aromatic rings. The van der Waals surface area contributed by atoms with Gasteiger partial charge < -0.3 is 14.4 Å². The molecule has 0 saturated heterocycles. The van der Waals surface area contributed by atoms with Gasteiger partial charge in [-0.3, -0.25) is 14.2 Å². The Bertz CT molecular complexity index is 1580. The molecule has 5 rings (SSSR count). The highest BCUT2D eigenvalue weighted by atomic mass is 16.5. The van der Waals surface area contributed by atoms with Crippen molar-refractivity contribution in [1.82, 2.24) is 29.6 Å². The molecule has 0 atom stereocenters. The molecule has 9 heteroatoms. The lowest BCUT2D eigenvalue weighted by molar-refractivity contribution is -0.121. The Labute approximate surface area is 195 Å². The number of carbonyl (C=O) groups excluding carboxylic acids is 1. The lowest BCUT2D eigenvalue weighted by Gasteiger charge is -2.10. The first-order chi connectivity index (χ1) is 16.4. The smallest absolute Gasteiger partial charge is 0.278 e. The van der Waals surface area contributed by atoms with Gasteiger partial charge in [-0.2, -0.15) is 4.98 Å². The zero-order valence-electron chi connectivity index (χ0n) is 19.2. The number of benzene rings is 2. The Morgan fingerprint density at radius 2 is 1.82 bits per heavy atom. The van der Waals surface area contributed by atoms with E-state index in [0.29, 0.717) is 29.3 Å². The van der Waals surface area contributed by atoms with Crippen molar-refractivity contribution in [2.75, 3.05) is 0 Å². The molecule has 0 spiro atoms. The lowest BCUT2D eigenvalue weighted by Crippen LogP contribution is -2.29. The third-order valence-electron chi connectivity index (χ3n) is 5.77. The van der Waals surface area contributed by atoms with E-state index in [1.807, 2.05) is 56.3 Å². The summed E-state index contributed by atoms with van der Waals surface area (Å²) in [6.07, 6.45) is 1.48. The summed E-state index contributed by atoms with van der Waals surface area (Å²) in [4.78, 5) is 35.1. The molecule has 0 aliphatic carbocycles. The molecule has 0 aliphatic heterocycles. The van der Waals surface area contributed by atoms with Crippen molar-refractivity contribution in [3.8, 4) is 0 Å². The maximum absolute atomic E-state index is 13.5. The van der Waals surface area contributed by atoms with E-state index in [-0.39, 0.29) is 24.6 Å². The molecule has 0 saturated carbocycles. The van der Waals surface area contributed by atoms with Crippen molar-refractivity contribution in [3.63, 3.8) is 0 Å². The number of carbonyl (C=O) groups is 1. The van der Waals surface area contributed by atoms with Crippen LogP contribution in [0.5, 0.6) is 0 Å². The fourth-order valence-electron chi connectivity index (χ4n) is 4.05. The van der Waals surface area contributed by atoms with E-state index < -0.39 is 0 Å². The van der Waals surface area contributed by atoms with Gasteiger partial charge in [-0.15, -0.1) is 0 Å². The summed E-state index contributed by atoms with van der Waals surface area (Å²) in [5.41, 5.74) is 4.65. The second-order valence-electron chi connectivity index (χ2n) is 8.48. The number of nitrogens with one attached hydrogen (secondary N) is 1. The third kappa shape index (κ3) is 4.07. The van der Waals surface area contributed by atoms with Gasteiger partial charge in [0.2, 0.25) is 11.8 Å². The highest BCUT2D eigenvalue weighted by Gasteiger charge is 2.19. The number of aryl methyl sites for hydroxylation is 3. The first-order valence-electron chi connectivity index (χ1n) is 11.0. The van der Waals surface area contributed by atoms with E-state index >= 15 is 0 Å². The summed E-state index contributed by atoms with van der Waals surface area (Å²) < 4.78 is 8.32. The summed E-state index contributed by atoms with van der Waals surface area (Å²) in [5.74, 6) is 0.615. The van der Waals surface area contributed by atoms with Gasteiger partial charge in [0.05, 0.1) is 11.8 Å². The predicted octanol–water partition coefficient (Wildman–Crippen LogP) is 3.02. The molecule has 3 aromatic heterocycles. The van der Waals surface area contributed by atoms with E-state index in [2.05, 4.69) is 20.4 Å². The van der Waals surface area contributed by atoms with Crippen molar-refractivity contribution in [1.29, 1.82) is 0 Å². The van der Waals surface area contributed by atoms with Gasteiger partial charge in [-0.1, -0.05) is 46.6 Å². The Morgan fingerprint density at radius 1 is 1.06 bits per heavy atom. The van der Waals surface area contributed by atoms with Crippen molar-refractivity contribution in [3.05, 3.63) is 87.6 Å². The van der Waals surface area contributed by atoms with Gasteiger partial charge in [0, 0.05) is 11.9 Å².